The fraction of sp³-hybridized carbons (Fsp3) is 0.346. The van der Waals surface area contributed by atoms with Crippen LogP contribution in [0.3, 0.4) is 0 Å². The predicted octanol–water partition coefficient (Wildman–Crippen LogP) is 3.73. The van der Waals surface area contributed by atoms with Crippen LogP contribution in [0.5, 0.6) is 5.75 Å². The summed E-state index contributed by atoms with van der Waals surface area (Å²) in [6.45, 7) is 5.38. The number of ketones is 1. The molecule has 9 heteroatoms. The van der Waals surface area contributed by atoms with Gasteiger partial charge >= 0.3 is 0 Å². The third-order valence-electron chi connectivity index (χ3n) is 7.08. The Morgan fingerprint density at radius 3 is 2.40 bits per heavy atom. The van der Waals surface area contributed by atoms with Gasteiger partial charge in [-0.25, -0.2) is 4.90 Å². The van der Waals surface area contributed by atoms with E-state index in [9.17, 15) is 24.5 Å². The lowest BCUT2D eigenvalue weighted by molar-refractivity contribution is -0.384. The van der Waals surface area contributed by atoms with Crippen molar-refractivity contribution in [3.05, 3.63) is 69.9 Å². The number of hydrogen-bond acceptors (Lipinski definition) is 7. The van der Waals surface area contributed by atoms with Crippen LogP contribution in [0.1, 0.15) is 37.9 Å². The van der Waals surface area contributed by atoms with E-state index in [1.54, 1.807) is 27.0 Å². The first-order chi connectivity index (χ1) is 16.6. The van der Waals surface area contributed by atoms with E-state index >= 15 is 0 Å². The van der Waals surface area contributed by atoms with Crippen LogP contribution < -0.4 is 9.64 Å². The van der Waals surface area contributed by atoms with Crippen LogP contribution in [0, 0.1) is 27.4 Å². The summed E-state index contributed by atoms with van der Waals surface area (Å²) in [6, 6.07) is 10.0. The molecule has 0 unspecified atom stereocenters. The lowest BCUT2D eigenvalue weighted by Gasteiger charge is -2.37. The van der Waals surface area contributed by atoms with Crippen LogP contribution in [-0.2, 0) is 14.4 Å². The van der Waals surface area contributed by atoms with Crippen molar-refractivity contribution in [2.75, 3.05) is 12.0 Å². The van der Waals surface area contributed by atoms with E-state index in [1.807, 2.05) is 35.2 Å². The zero-order valence-corrected chi connectivity index (χ0v) is 19.8. The summed E-state index contributed by atoms with van der Waals surface area (Å²) in [4.78, 5) is 55.2. The maximum atomic E-state index is 13.9. The number of imide groups is 1. The summed E-state index contributed by atoms with van der Waals surface area (Å²) in [6.07, 6.45) is 3.70. The number of non-ortho nitro benzene ring substituents is 1. The van der Waals surface area contributed by atoms with Crippen LogP contribution in [0.15, 0.2) is 48.7 Å². The Balaban J connectivity index is 1.69. The standard InChI is InChI=1S/C26H25N3O6/c1-26(2,3)23(30)22-20-19(21-16-8-6-5-7-14(16)11-12-27(21)22)24(31)28(25(20)32)17-13-15(29(33)34)9-10-18(17)35-4/h5-13,19-22H,1-4H3/t19-,20+,21+,22-/m1/s1. The van der Waals surface area contributed by atoms with Gasteiger partial charge in [0.05, 0.1) is 29.9 Å². The number of fused-ring (bicyclic) bond motifs is 5. The van der Waals surface area contributed by atoms with Crippen molar-refractivity contribution in [3.8, 4) is 5.75 Å². The highest BCUT2D eigenvalue weighted by Crippen LogP contribution is 2.55. The number of methoxy groups -OCH3 is 1. The molecule has 0 N–H and O–H groups in total. The van der Waals surface area contributed by atoms with Gasteiger partial charge in [0.15, 0.2) is 5.78 Å². The van der Waals surface area contributed by atoms with Gasteiger partial charge in [0.1, 0.15) is 17.5 Å². The molecular formula is C26H25N3O6. The molecule has 2 amide bonds. The van der Waals surface area contributed by atoms with Crippen molar-refractivity contribution in [2.45, 2.75) is 32.9 Å². The first-order valence-corrected chi connectivity index (χ1v) is 11.4. The summed E-state index contributed by atoms with van der Waals surface area (Å²) >= 11 is 0. The molecule has 3 aliphatic heterocycles. The second kappa shape index (κ2) is 7.76. The van der Waals surface area contributed by atoms with Crippen molar-refractivity contribution in [3.63, 3.8) is 0 Å². The number of nitro benzene ring substituents is 1. The van der Waals surface area contributed by atoms with Gasteiger partial charge in [-0.3, -0.25) is 24.5 Å². The van der Waals surface area contributed by atoms with E-state index in [0.29, 0.717) is 0 Å². The molecule has 180 valence electrons. The normalized spacial score (nSPS) is 24.8. The number of amides is 2. The molecule has 2 fully saturated rings. The van der Waals surface area contributed by atoms with Crippen molar-refractivity contribution >= 4 is 35.0 Å². The molecule has 35 heavy (non-hydrogen) atoms. The van der Waals surface area contributed by atoms with E-state index in [-0.39, 0.29) is 22.9 Å². The van der Waals surface area contributed by atoms with Gasteiger partial charge in [0.2, 0.25) is 11.8 Å². The van der Waals surface area contributed by atoms with Crippen LogP contribution in [0.25, 0.3) is 6.08 Å². The molecule has 4 atom stereocenters. The Labute approximate surface area is 202 Å². The Kier molecular flexibility index (Phi) is 5.05. The van der Waals surface area contributed by atoms with Crippen molar-refractivity contribution in [1.82, 2.24) is 4.90 Å². The number of hydrogen-bond donors (Lipinski definition) is 0. The van der Waals surface area contributed by atoms with Crippen molar-refractivity contribution in [1.29, 1.82) is 0 Å². The third-order valence-corrected chi connectivity index (χ3v) is 7.08. The van der Waals surface area contributed by atoms with Gasteiger partial charge < -0.3 is 9.64 Å². The topological polar surface area (TPSA) is 110 Å². The van der Waals surface area contributed by atoms with Gasteiger partial charge in [-0.15, -0.1) is 0 Å². The first-order valence-electron chi connectivity index (χ1n) is 11.4. The predicted molar refractivity (Wildman–Crippen MR) is 127 cm³/mol. The van der Waals surface area contributed by atoms with Gasteiger partial charge in [0.25, 0.3) is 5.69 Å². The Bertz CT molecular complexity index is 1310. The molecule has 3 heterocycles. The molecule has 0 radical (unpaired) electrons. The van der Waals surface area contributed by atoms with E-state index in [1.165, 1.54) is 25.3 Å². The number of carbonyl (C=O) groups is 3. The molecule has 0 bridgehead atoms. The number of Topliss-reactive ketones (excluding diaryl/α,β-unsaturated/α-hetero) is 1. The average molecular weight is 476 g/mol. The molecule has 9 nitrogen and oxygen atoms in total. The number of nitro groups is 1. The minimum atomic E-state index is -0.931. The highest BCUT2D eigenvalue weighted by molar-refractivity contribution is 6.25. The van der Waals surface area contributed by atoms with E-state index in [4.69, 9.17) is 4.74 Å². The molecule has 0 spiro atoms. The van der Waals surface area contributed by atoms with Gasteiger partial charge in [-0.1, -0.05) is 45.0 Å². The molecule has 0 saturated carbocycles. The number of carbonyl (C=O) groups excluding carboxylic acids is 3. The molecule has 3 aliphatic rings. The highest BCUT2D eigenvalue weighted by Gasteiger charge is 2.65. The van der Waals surface area contributed by atoms with E-state index in [2.05, 4.69) is 0 Å². The zero-order valence-electron chi connectivity index (χ0n) is 19.8. The molecule has 2 aromatic carbocycles. The smallest absolute Gasteiger partial charge is 0.271 e. The third kappa shape index (κ3) is 3.25. The van der Waals surface area contributed by atoms with Gasteiger partial charge in [-0.05, 0) is 23.3 Å². The fourth-order valence-electron chi connectivity index (χ4n) is 5.50. The second-order valence-corrected chi connectivity index (χ2v) is 10.1. The summed E-state index contributed by atoms with van der Waals surface area (Å²) in [5, 5.41) is 11.4. The average Bonchev–Trinajstić information content (AvgIpc) is 3.30. The number of anilines is 1. The first kappa shape index (κ1) is 22.8. The molecule has 0 aromatic heterocycles. The van der Waals surface area contributed by atoms with Crippen LogP contribution in [0.2, 0.25) is 0 Å². The molecule has 5 rings (SSSR count). The van der Waals surface area contributed by atoms with Crippen LogP contribution in [0.4, 0.5) is 11.4 Å². The maximum Gasteiger partial charge on any atom is 0.271 e. The number of benzene rings is 2. The monoisotopic (exact) mass is 475 g/mol. The molecule has 0 aliphatic carbocycles. The molecule has 2 aromatic rings. The summed E-state index contributed by atoms with van der Waals surface area (Å²) in [7, 11) is 1.37. The van der Waals surface area contributed by atoms with Gasteiger partial charge in [0, 0.05) is 23.7 Å². The Morgan fingerprint density at radius 2 is 1.74 bits per heavy atom. The highest BCUT2D eigenvalue weighted by atomic mass is 16.6. The fourth-order valence-corrected chi connectivity index (χ4v) is 5.50. The lowest BCUT2D eigenvalue weighted by atomic mass is 9.79. The summed E-state index contributed by atoms with van der Waals surface area (Å²) < 4.78 is 5.35. The largest absolute Gasteiger partial charge is 0.495 e. The number of rotatable bonds is 4. The SMILES string of the molecule is COc1ccc([N+](=O)[O-])cc1N1C(=O)[C@@H]2[C@H](C1=O)[C@H](C(=O)C(C)(C)C)N1C=Cc3ccccc3[C@@H]21. The Morgan fingerprint density at radius 1 is 1.06 bits per heavy atom. The second-order valence-electron chi connectivity index (χ2n) is 10.1. The summed E-state index contributed by atoms with van der Waals surface area (Å²) in [5.74, 6) is -2.79. The zero-order chi connectivity index (χ0) is 25.2. The van der Waals surface area contributed by atoms with Crippen LogP contribution >= 0.6 is 0 Å². The lowest BCUT2D eigenvalue weighted by Crippen LogP contribution is -2.47. The maximum absolute atomic E-state index is 13.9. The van der Waals surface area contributed by atoms with Crippen LogP contribution in [-0.4, -0.2) is 40.6 Å². The Hall–Kier alpha value is -4.01. The van der Waals surface area contributed by atoms with Crippen molar-refractivity contribution in [2.24, 2.45) is 17.3 Å². The quantitative estimate of drug-likeness (QED) is 0.376. The van der Waals surface area contributed by atoms with E-state index < -0.39 is 46.1 Å². The van der Waals surface area contributed by atoms with Gasteiger partial charge in [-0.2, -0.15) is 0 Å². The van der Waals surface area contributed by atoms with E-state index in [0.717, 1.165) is 16.0 Å². The number of ether oxygens (including phenoxy) is 1. The molecule has 2 saturated heterocycles. The minimum Gasteiger partial charge on any atom is -0.495 e. The minimum absolute atomic E-state index is 0.0132. The summed E-state index contributed by atoms with van der Waals surface area (Å²) in [5.41, 5.74) is 0.772. The molecular weight excluding hydrogens is 450 g/mol. The van der Waals surface area contributed by atoms with Crippen molar-refractivity contribution < 1.29 is 24.0 Å². The number of nitrogens with zero attached hydrogens (tertiary/aromatic N) is 3.